The highest BCUT2D eigenvalue weighted by Crippen LogP contribution is 2.25. The van der Waals surface area contributed by atoms with Crippen molar-refractivity contribution in [3.8, 4) is 5.75 Å². The Morgan fingerprint density at radius 3 is 2.75 bits per heavy atom. The van der Waals surface area contributed by atoms with Crippen molar-refractivity contribution >= 4 is 9.84 Å². The van der Waals surface area contributed by atoms with Gasteiger partial charge in [0.05, 0.1) is 11.5 Å². The maximum atomic E-state index is 11.5. The van der Waals surface area contributed by atoms with Gasteiger partial charge in [0.15, 0.2) is 9.84 Å². The highest BCUT2D eigenvalue weighted by Gasteiger charge is 2.29. The largest absolute Gasteiger partial charge is 0.489 e. The molecule has 0 saturated carbocycles. The van der Waals surface area contributed by atoms with Crippen LogP contribution in [0, 0.1) is 6.92 Å². The summed E-state index contributed by atoms with van der Waals surface area (Å²) in [6, 6.07) is 6.43. The van der Waals surface area contributed by atoms with Crippen LogP contribution in [-0.2, 0) is 16.4 Å². The topological polar surface area (TPSA) is 55.4 Å². The van der Waals surface area contributed by atoms with E-state index >= 15 is 0 Å². The van der Waals surface area contributed by atoms with Crippen molar-refractivity contribution in [2.45, 2.75) is 45.9 Å². The summed E-state index contributed by atoms with van der Waals surface area (Å²) in [7, 11) is -2.90. The number of aryl methyl sites for hydroxylation is 1. The van der Waals surface area contributed by atoms with Crippen molar-refractivity contribution < 1.29 is 13.2 Å². The van der Waals surface area contributed by atoms with Crippen LogP contribution in [0.4, 0.5) is 0 Å². The van der Waals surface area contributed by atoms with Gasteiger partial charge in [0.1, 0.15) is 11.9 Å². The van der Waals surface area contributed by atoms with E-state index in [1.165, 1.54) is 5.56 Å². The van der Waals surface area contributed by atoms with Crippen molar-refractivity contribution in [1.29, 1.82) is 0 Å². The minimum Gasteiger partial charge on any atom is -0.489 e. The third-order valence-corrected chi connectivity index (χ3v) is 5.14. The zero-order chi connectivity index (χ0) is 14.8. The number of rotatable bonds is 5. The third kappa shape index (κ3) is 4.21. The van der Waals surface area contributed by atoms with E-state index in [4.69, 9.17) is 4.74 Å². The summed E-state index contributed by atoms with van der Waals surface area (Å²) in [6.07, 6.45) is 0.383. The summed E-state index contributed by atoms with van der Waals surface area (Å²) in [5.74, 6) is 1.17. The summed E-state index contributed by atoms with van der Waals surface area (Å²) < 4.78 is 28.9. The van der Waals surface area contributed by atoms with Crippen LogP contribution in [0.5, 0.6) is 5.75 Å². The molecule has 0 aromatic heterocycles. The quantitative estimate of drug-likeness (QED) is 0.904. The first-order valence-electron chi connectivity index (χ1n) is 7.06. The summed E-state index contributed by atoms with van der Waals surface area (Å²) in [6.45, 7) is 6.97. The maximum absolute atomic E-state index is 11.5. The molecule has 1 unspecified atom stereocenters. The molecule has 1 aliphatic rings. The Kier molecular flexibility index (Phi) is 4.70. The van der Waals surface area contributed by atoms with E-state index in [1.807, 2.05) is 19.1 Å². The van der Waals surface area contributed by atoms with Crippen LogP contribution in [0.1, 0.15) is 31.4 Å². The van der Waals surface area contributed by atoms with Gasteiger partial charge in [-0.1, -0.05) is 31.5 Å². The predicted octanol–water partition coefficient (Wildman–Crippen LogP) is 2.06. The van der Waals surface area contributed by atoms with E-state index in [2.05, 4.69) is 25.2 Å². The summed E-state index contributed by atoms with van der Waals surface area (Å²) in [5.41, 5.74) is 2.26. The van der Waals surface area contributed by atoms with Gasteiger partial charge in [0, 0.05) is 18.2 Å². The number of hydrogen-bond donors (Lipinski definition) is 1. The molecule has 0 bridgehead atoms. The molecule has 2 rings (SSSR count). The highest BCUT2D eigenvalue weighted by molar-refractivity contribution is 7.91. The van der Waals surface area contributed by atoms with Crippen molar-refractivity contribution in [2.75, 3.05) is 11.5 Å². The maximum Gasteiger partial charge on any atom is 0.154 e. The molecule has 1 heterocycles. The van der Waals surface area contributed by atoms with Gasteiger partial charge in [-0.3, -0.25) is 0 Å². The summed E-state index contributed by atoms with van der Waals surface area (Å²) >= 11 is 0. The Morgan fingerprint density at radius 2 is 2.15 bits per heavy atom. The first kappa shape index (κ1) is 15.3. The summed E-state index contributed by atoms with van der Waals surface area (Å²) in [4.78, 5) is 0. The Morgan fingerprint density at radius 1 is 1.40 bits per heavy atom. The average Bonchev–Trinajstić information content (AvgIpc) is 2.69. The molecule has 1 fully saturated rings. The van der Waals surface area contributed by atoms with Crippen molar-refractivity contribution in [1.82, 2.24) is 5.32 Å². The molecule has 1 aliphatic heterocycles. The molecule has 4 nitrogen and oxygen atoms in total. The molecule has 20 heavy (non-hydrogen) atoms. The Labute approximate surface area is 121 Å². The first-order chi connectivity index (χ1) is 9.35. The van der Waals surface area contributed by atoms with E-state index < -0.39 is 9.84 Å². The number of hydrogen-bond acceptors (Lipinski definition) is 4. The van der Waals surface area contributed by atoms with Crippen molar-refractivity contribution in [3.63, 3.8) is 0 Å². The van der Waals surface area contributed by atoms with Gasteiger partial charge in [0.25, 0.3) is 0 Å². The second-order valence-corrected chi connectivity index (χ2v) is 8.02. The molecular weight excluding hydrogens is 274 g/mol. The third-order valence-electron chi connectivity index (χ3n) is 3.40. The van der Waals surface area contributed by atoms with Gasteiger partial charge in [-0.05, 0) is 19.4 Å². The molecule has 1 N–H and O–H groups in total. The zero-order valence-electron chi connectivity index (χ0n) is 12.3. The van der Waals surface area contributed by atoms with Crippen LogP contribution in [0.15, 0.2) is 18.2 Å². The van der Waals surface area contributed by atoms with E-state index in [9.17, 15) is 8.42 Å². The molecule has 0 radical (unpaired) electrons. The molecule has 1 atom stereocenters. The minimum atomic E-state index is -2.90. The second-order valence-electron chi connectivity index (χ2n) is 5.79. The number of nitrogens with one attached hydrogen (secondary N) is 1. The normalized spacial score (nSPS) is 21.3. The Balaban J connectivity index is 2.10. The first-order valence-corrected chi connectivity index (χ1v) is 8.88. The van der Waals surface area contributed by atoms with Gasteiger partial charge in [-0.2, -0.15) is 0 Å². The van der Waals surface area contributed by atoms with E-state index in [0.29, 0.717) is 12.5 Å². The lowest BCUT2D eigenvalue weighted by molar-refractivity contribution is 0.226. The number of benzene rings is 1. The lowest BCUT2D eigenvalue weighted by Crippen LogP contribution is -2.23. The van der Waals surface area contributed by atoms with Crippen LogP contribution >= 0.6 is 0 Å². The van der Waals surface area contributed by atoms with Gasteiger partial charge in [-0.25, -0.2) is 8.42 Å². The van der Waals surface area contributed by atoms with Gasteiger partial charge < -0.3 is 10.1 Å². The molecule has 0 aliphatic carbocycles. The van der Waals surface area contributed by atoms with Gasteiger partial charge in [0.2, 0.25) is 0 Å². The lowest BCUT2D eigenvalue weighted by atomic mass is 10.1. The second kappa shape index (κ2) is 6.14. The molecule has 5 heteroatoms. The van der Waals surface area contributed by atoms with Gasteiger partial charge in [-0.15, -0.1) is 0 Å². The van der Waals surface area contributed by atoms with Crippen LogP contribution < -0.4 is 10.1 Å². The predicted molar refractivity (Wildman–Crippen MR) is 80.8 cm³/mol. The van der Waals surface area contributed by atoms with Crippen LogP contribution in [0.3, 0.4) is 0 Å². The highest BCUT2D eigenvalue weighted by atomic mass is 32.2. The van der Waals surface area contributed by atoms with Crippen molar-refractivity contribution in [2.24, 2.45) is 0 Å². The lowest BCUT2D eigenvalue weighted by Gasteiger charge is -2.17. The number of sulfone groups is 1. The molecule has 112 valence electrons. The fourth-order valence-corrected chi connectivity index (χ4v) is 3.90. The van der Waals surface area contributed by atoms with E-state index in [0.717, 1.165) is 17.9 Å². The SMILES string of the molecule is Cc1ccc(OC2CCS(=O)(=O)C2)c(CNC(C)C)c1. The Bertz CT molecular complexity index is 566. The Hall–Kier alpha value is -1.07. The fraction of sp³-hybridized carbons (Fsp3) is 0.600. The van der Waals surface area contributed by atoms with Crippen LogP contribution in [0.25, 0.3) is 0 Å². The number of ether oxygens (including phenoxy) is 1. The molecule has 0 amide bonds. The zero-order valence-corrected chi connectivity index (χ0v) is 13.2. The van der Waals surface area contributed by atoms with Gasteiger partial charge >= 0.3 is 0 Å². The smallest absolute Gasteiger partial charge is 0.154 e. The summed E-state index contributed by atoms with van der Waals surface area (Å²) in [5, 5.41) is 3.37. The molecule has 1 aromatic carbocycles. The van der Waals surface area contributed by atoms with E-state index in [1.54, 1.807) is 0 Å². The molecule has 1 aromatic rings. The minimum absolute atomic E-state index is 0.137. The molecule has 0 spiro atoms. The monoisotopic (exact) mass is 297 g/mol. The molecular formula is C15H23NO3S. The molecule has 1 saturated heterocycles. The van der Waals surface area contributed by atoms with E-state index in [-0.39, 0.29) is 17.6 Å². The van der Waals surface area contributed by atoms with Crippen LogP contribution in [0.2, 0.25) is 0 Å². The van der Waals surface area contributed by atoms with Crippen molar-refractivity contribution in [3.05, 3.63) is 29.3 Å². The van der Waals surface area contributed by atoms with Crippen LogP contribution in [-0.4, -0.2) is 32.1 Å². The fourth-order valence-electron chi connectivity index (χ4n) is 2.31. The average molecular weight is 297 g/mol. The standard InChI is InChI=1S/C15H23NO3S/c1-11(2)16-9-13-8-12(3)4-5-15(13)19-14-6-7-20(17,18)10-14/h4-5,8,11,14,16H,6-7,9-10H2,1-3H3.